The van der Waals surface area contributed by atoms with Gasteiger partial charge in [0.15, 0.2) is 0 Å². The molecule has 2 heterocycles. The summed E-state index contributed by atoms with van der Waals surface area (Å²) < 4.78 is 1.41. The van der Waals surface area contributed by atoms with Crippen molar-refractivity contribution in [3.63, 3.8) is 0 Å². The zero-order valence-electron chi connectivity index (χ0n) is 8.63. The van der Waals surface area contributed by atoms with Gasteiger partial charge in [-0.1, -0.05) is 0 Å². The Kier molecular flexibility index (Phi) is 3.78. The van der Waals surface area contributed by atoms with Crippen LogP contribution in [-0.4, -0.2) is 10.5 Å². The number of halogens is 1. The van der Waals surface area contributed by atoms with Crippen molar-refractivity contribution in [2.75, 3.05) is 5.75 Å². The third-order valence-corrected chi connectivity index (χ3v) is 6.46. The van der Waals surface area contributed by atoms with E-state index in [1.165, 1.54) is 27.9 Å². The zero-order valence-corrected chi connectivity index (χ0v) is 11.8. The van der Waals surface area contributed by atoms with Gasteiger partial charge in [0.2, 0.25) is 0 Å². The maximum Gasteiger partial charge on any atom is 0.0708 e. The SMILES string of the molecule is CC1(C(NN)c2sccc2Br)CCCS1. The van der Waals surface area contributed by atoms with Gasteiger partial charge in [-0.2, -0.15) is 11.8 Å². The van der Waals surface area contributed by atoms with Gasteiger partial charge in [-0.25, -0.2) is 0 Å². The van der Waals surface area contributed by atoms with Gasteiger partial charge in [0.1, 0.15) is 0 Å². The molecule has 1 fully saturated rings. The van der Waals surface area contributed by atoms with Gasteiger partial charge in [-0.3, -0.25) is 11.3 Å². The first-order chi connectivity index (χ1) is 7.17. The summed E-state index contributed by atoms with van der Waals surface area (Å²) in [7, 11) is 0. The van der Waals surface area contributed by atoms with Crippen LogP contribution in [0.1, 0.15) is 30.7 Å². The molecule has 0 bridgehead atoms. The molecule has 3 N–H and O–H groups in total. The van der Waals surface area contributed by atoms with Crippen molar-refractivity contribution in [1.82, 2.24) is 5.43 Å². The van der Waals surface area contributed by atoms with Crippen LogP contribution in [0.2, 0.25) is 0 Å². The van der Waals surface area contributed by atoms with Crippen LogP contribution in [-0.2, 0) is 0 Å². The summed E-state index contributed by atoms with van der Waals surface area (Å²) in [4.78, 5) is 1.31. The first kappa shape index (κ1) is 11.9. The highest BCUT2D eigenvalue weighted by atomic mass is 79.9. The van der Waals surface area contributed by atoms with Gasteiger partial charge in [0.25, 0.3) is 0 Å². The Morgan fingerprint density at radius 3 is 2.93 bits per heavy atom. The van der Waals surface area contributed by atoms with E-state index in [0.29, 0.717) is 0 Å². The fourth-order valence-electron chi connectivity index (χ4n) is 2.07. The molecule has 0 amide bonds. The van der Waals surface area contributed by atoms with Crippen molar-refractivity contribution in [3.05, 3.63) is 20.8 Å². The smallest absolute Gasteiger partial charge is 0.0708 e. The van der Waals surface area contributed by atoms with Crippen LogP contribution in [0.15, 0.2) is 15.9 Å². The lowest BCUT2D eigenvalue weighted by atomic mass is 9.95. The van der Waals surface area contributed by atoms with Crippen molar-refractivity contribution in [3.8, 4) is 0 Å². The summed E-state index contributed by atoms with van der Waals surface area (Å²) >= 11 is 7.38. The minimum Gasteiger partial charge on any atom is -0.271 e. The number of thiophene rings is 1. The number of hydrazine groups is 1. The molecule has 1 aliphatic rings. The average molecular weight is 307 g/mol. The molecular weight excluding hydrogens is 292 g/mol. The van der Waals surface area contributed by atoms with Gasteiger partial charge in [0.05, 0.1) is 6.04 Å². The quantitative estimate of drug-likeness (QED) is 0.665. The second kappa shape index (κ2) is 4.75. The number of rotatable bonds is 3. The highest BCUT2D eigenvalue weighted by Crippen LogP contribution is 2.48. The Labute approximate surface area is 107 Å². The van der Waals surface area contributed by atoms with Gasteiger partial charge in [-0.15, -0.1) is 11.3 Å². The molecule has 2 rings (SSSR count). The predicted molar refractivity (Wildman–Crippen MR) is 72.2 cm³/mol. The van der Waals surface area contributed by atoms with Crippen molar-refractivity contribution >= 4 is 39.0 Å². The van der Waals surface area contributed by atoms with E-state index in [0.717, 1.165) is 0 Å². The van der Waals surface area contributed by atoms with Gasteiger partial charge < -0.3 is 0 Å². The second-order valence-electron chi connectivity index (χ2n) is 4.00. The van der Waals surface area contributed by atoms with Crippen LogP contribution in [0.25, 0.3) is 0 Å². The topological polar surface area (TPSA) is 38.0 Å². The van der Waals surface area contributed by atoms with E-state index in [4.69, 9.17) is 5.84 Å². The zero-order chi connectivity index (χ0) is 10.9. The van der Waals surface area contributed by atoms with Crippen LogP contribution in [0.4, 0.5) is 0 Å². The fraction of sp³-hybridized carbons (Fsp3) is 0.600. The van der Waals surface area contributed by atoms with Crippen LogP contribution in [0.3, 0.4) is 0 Å². The highest BCUT2D eigenvalue weighted by molar-refractivity contribution is 9.10. The molecule has 84 valence electrons. The number of nitrogens with one attached hydrogen (secondary N) is 1. The number of hydrogen-bond donors (Lipinski definition) is 2. The molecule has 0 radical (unpaired) electrons. The molecule has 0 aliphatic carbocycles. The molecule has 1 saturated heterocycles. The van der Waals surface area contributed by atoms with Crippen molar-refractivity contribution < 1.29 is 0 Å². The van der Waals surface area contributed by atoms with Gasteiger partial charge in [-0.05, 0) is 52.9 Å². The van der Waals surface area contributed by atoms with E-state index in [1.54, 1.807) is 11.3 Å². The number of nitrogens with two attached hydrogens (primary N) is 1. The first-order valence-electron chi connectivity index (χ1n) is 5.00. The third kappa shape index (κ3) is 2.26. The molecule has 15 heavy (non-hydrogen) atoms. The Balaban J connectivity index is 2.27. The summed E-state index contributed by atoms with van der Waals surface area (Å²) in [5, 5.41) is 2.10. The van der Waals surface area contributed by atoms with E-state index in [-0.39, 0.29) is 10.8 Å². The molecule has 0 spiro atoms. The van der Waals surface area contributed by atoms with Crippen LogP contribution >= 0.6 is 39.0 Å². The van der Waals surface area contributed by atoms with Gasteiger partial charge in [0, 0.05) is 14.1 Å². The molecule has 2 nitrogen and oxygen atoms in total. The highest BCUT2D eigenvalue weighted by Gasteiger charge is 2.39. The minimum atomic E-state index is 0.238. The Hall–Kier alpha value is 0.450. The predicted octanol–water partition coefficient (Wildman–Crippen LogP) is 3.30. The van der Waals surface area contributed by atoms with E-state index in [9.17, 15) is 0 Å². The average Bonchev–Trinajstić information content (AvgIpc) is 2.79. The molecule has 2 unspecified atom stereocenters. The maximum atomic E-state index is 5.72. The third-order valence-electron chi connectivity index (χ3n) is 2.93. The normalized spacial score (nSPS) is 28.2. The van der Waals surface area contributed by atoms with Crippen molar-refractivity contribution in [1.29, 1.82) is 0 Å². The molecular formula is C10H15BrN2S2. The first-order valence-corrected chi connectivity index (χ1v) is 7.66. The molecule has 1 aliphatic heterocycles. The van der Waals surface area contributed by atoms with Gasteiger partial charge >= 0.3 is 0 Å². The number of hydrogen-bond acceptors (Lipinski definition) is 4. The summed E-state index contributed by atoms with van der Waals surface area (Å²) in [5.41, 5.74) is 2.99. The van der Waals surface area contributed by atoms with Crippen LogP contribution in [0, 0.1) is 0 Å². The summed E-state index contributed by atoms with van der Waals surface area (Å²) in [5.74, 6) is 6.97. The van der Waals surface area contributed by atoms with Crippen LogP contribution < -0.4 is 11.3 Å². The Morgan fingerprint density at radius 1 is 1.67 bits per heavy atom. The molecule has 1 aromatic rings. The van der Waals surface area contributed by atoms with E-state index in [1.807, 2.05) is 11.8 Å². The Morgan fingerprint density at radius 2 is 2.47 bits per heavy atom. The lowest BCUT2D eigenvalue weighted by molar-refractivity contribution is 0.425. The molecule has 0 saturated carbocycles. The number of thioether (sulfide) groups is 1. The molecule has 2 atom stereocenters. The monoisotopic (exact) mass is 306 g/mol. The second-order valence-corrected chi connectivity index (χ2v) is 7.43. The summed E-state index contributed by atoms with van der Waals surface area (Å²) in [6, 6.07) is 2.34. The summed E-state index contributed by atoms with van der Waals surface area (Å²) in [6.45, 7) is 2.31. The van der Waals surface area contributed by atoms with E-state index < -0.39 is 0 Å². The van der Waals surface area contributed by atoms with Crippen molar-refractivity contribution in [2.45, 2.75) is 30.6 Å². The van der Waals surface area contributed by atoms with Crippen molar-refractivity contribution in [2.24, 2.45) is 5.84 Å². The summed E-state index contributed by atoms with van der Waals surface area (Å²) in [6.07, 6.45) is 2.53. The minimum absolute atomic E-state index is 0.238. The molecule has 0 aromatic carbocycles. The fourth-order valence-corrected chi connectivity index (χ4v) is 5.35. The largest absolute Gasteiger partial charge is 0.271 e. The maximum absolute atomic E-state index is 5.72. The lowest BCUT2D eigenvalue weighted by Crippen LogP contribution is -2.40. The molecule has 1 aromatic heterocycles. The van der Waals surface area contributed by atoms with E-state index in [2.05, 4.69) is 39.7 Å². The van der Waals surface area contributed by atoms with E-state index >= 15 is 0 Å². The van der Waals surface area contributed by atoms with Crippen LogP contribution in [0.5, 0.6) is 0 Å². The molecule has 5 heteroatoms. The standard InChI is InChI=1S/C10H15BrN2S2/c1-10(4-2-5-15-10)9(13-12)8-7(11)3-6-14-8/h3,6,9,13H,2,4-5,12H2,1H3. The lowest BCUT2D eigenvalue weighted by Gasteiger charge is -2.32. The Bertz CT molecular complexity index is 334.